The zero-order valence-electron chi connectivity index (χ0n) is 16.8. The van der Waals surface area contributed by atoms with Gasteiger partial charge in [-0.3, -0.25) is 0 Å². The monoisotopic (exact) mass is 375 g/mol. The molecule has 0 saturated carbocycles. The molecule has 4 rings (SSSR count). The summed E-state index contributed by atoms with van der Waals surface area (Å²) in [7, 11) is 1.40. The van der Waals surface area contributed by atoms with E-state index < -0.39 is 0 Å². The summed E-state index contributed by atoms with van der Waals surface area (Å²) in [6.07, 6.45) is 4.64. The van der Waals surface area contributed by atoms with Gasteiger partial charge in [-0.15, -0.1) is 6.58 Å². The van der Waals surface area contributed by atoms with E-state index in [1.165, 1.54) is 12.7 Å². The number of benzene rings is 2. The molecule has 2 aromatic rings. The fraction of sp³-hybridized carbons (Fsp3) is 0.292. The van der Waals surface area contributed by atoms with Crippen molar-refractivity contribution in [1.82, 2.24) is 0 Å². The van der Waals surface area contributed by atoms with Crippen LogP contribution in [0, 0.1) is 0 Å². The smallest absolute Gasteiger partial charge is 0.338 e. The number of carbonyl (C=O) groups is 1. The zero-order chi connectivity index (χ0) is 20.1. The standard InChI is InChI=1S/C24H25NO3/c1-6-8-18-22-15(11-12-17-20(22)14(2)13-24(3,4)25-17)21-16(23(26)27-5)9-7-10-19(21)28-18/h6-7,9-13,18,25H,1,8H2,2-5H3. The van der Waals surface area contributed by atoms with Gasteiger partial charge in [0.05, 0.1) is 18.2 Å². The molecule has 4 nitrogen and oxygen atoms in total. The Hall–Kier alpha value is -3.01. The summed E-state index contributed by atoms with van der Waals surface area (Å²) in [6, 6.07) is 9.70. The maximum atomic E-state index is 12.4. The minimum atomic E-state index is -0.363. The predicted octanol–water partition coefficient (Wildman–Crippen LogP) is 5.76. The van der Waals surface area contributed by atoms with E-state index >= 15 is 0 Å². The van der Waals surface area contributed by atoms with Crippen molar-refractivity contribution in [3.05, 3.63) is 65.8 Å². The van der Waals surface area contributed by atoms with Crippen LogP contribution in [0.15, 0.2) is 49.1 Å². The van der Waals surface area contributed by atoms with Crippen molar-refractivity contribution in [3.63, 3.8) is 0 Å². The first-order valence-electron chi connectivity index (χ1n) is 9.50. The number of esters is 1. The largest absolute Gasteiger partial charge is 0.485 e. The minimum absolute atomic E-state index is 0.121. The van der Waals surface area contributed by atoms with Gasteiger partial charge < -0.3 is 14.8 Å². The van der Waals surface area contributed by atoms with Crippen LogP contribution in [0.2, 0.25) is 0 Å². The van der Waals surface area contributed by atoms with Gasteiger partial charge in [0.2, 0.25) is 0 Å². The lowest BCUT2D eigenvalue weighted by molar-refractivity contribution is 0.0600. The van der Waals surface area contributed by atoms with Crippen LogP contribution in [0.25, 0.3) is 16.7 Å². The Bertz CT molecular complexity index is 1020. The van der Waals surface area contributed by atoms with E-state index in [9.17, 15) is 4.79 Å². The summed E-state index contributed by atoms with van der Waals surface area (Å²) in [5.74, 6) is 0.339. The molecule has 0 radical (unpaired) electrons. The highest BCUT2D eigenvalue weighted by atomic mass is 16.5. The Morgan fingerprint density at radius 1 is 1.29 bits per heavy atom. The Kier molecular flexibility index (Phi) is 4.30. The summed E-state index contributed by atoms with van der Waals surface area (Å²) in [4.78, 5) is 12.4. The second-order valence-electron chi connectivity index (χ2n) is 7.92. The highest BCUT2D eigenvalue weighted by molar-refractivity contribution is 6.01. The van der Waals surface area contributed by atoms with Crippen molar-refractivity contribution in [1.29, 1.82) is 0 Å². The van der Waals surface area contributed by atoms with Crippen molar-refractivity contribution in [2.24, 2.45) is 0 Å². The van der Waals surface area contributed by atoms with E-state index in [1.807, 2.05) is 18.2 Å². The van der Waals surface area contributed by atoms with E-state index in [-0.39, 0.29) is 17.6 Å². The Morgan fingerprint density at radius 2 is 2.07 bits per heavy atom. The molecule has 2 heterocycles. The van der Waals surface area contributed by atoms with Gasteiger partial charge in [0.15, 0.2) is 0 Å². The van der Waals surface area contributed by atoms with Gasteiger partial charge in [0, 0.05) is 28.8 Å². The summed E-state index contributed by atoms with van der Waals surface area (Å²) in [5, 5.41) is 3.60. The van der Waals surface area contributed by atoms with Crippen molar-refractivity contribution < 1.29 is 14.3 Å². The van der Waals surface area contributed by atoms with Gasteiger partial charge in [0.1, 0.15) is 11.9 Å². The minimum Gasteiger partial charge on any atom is -0.485 e. The third-order valence-corrected chi connectivity index (χ3v) is 5.35. The van der Waals surface area contributed by atoms with E-state index in [1.54, 1.807) is 6.07 Å². The highest BCUT2D eigenvalue weighted by Crippen LogP contribution is 2.50. The van der Waals surface area contributed by atoms with E-state index in [0.717, 1.165) is 27.9 Å². The van der Waals surface area contributed by atoms with Crippen molar-refractivity contribution in [2.75, 3.05) is 12.4 Å². The van der Waals surface area contributed by atoms with Gasteiger partial charge in [-0.2, -0.15) is 0 Å². The molecule has 1 atom stereocenters. The average Bonchev–Trinajstić information content (AvgIpc) is 2.65. The van der Waals surface area contributed by atoms with Crippen LogP contribution in [0.4, 0.5) is 5.69 Å². The van der Waals surface area contributed by atoms with Crippen LogP contribution < -0.4 is 10.1 Å². The van der Waals surface area contributed by atoms with Crippen molar-refractivity contribution in [3.8, 4) is 16.9 Å². The van der Waals surface area contributed by atoms with E-state index in [2.05, 4.69) is 50.9 Å². The molecule has 4 heteroatoms. The number of methoxy groups -OCH3 is 1. The lowest BCUT2D eigenvalue weighted by Crippen LogP contribution is -2.32. The molecule has 0 aliphatic carbocycles. The average molecular weight is 375 g/mol. The molecule has 144 valence electrons. The highest BCUT2D eigenvalue weighted by Gasteiger charge is 2.34. The number of anilines is 1. The van der Waals surface area contributed by atoms with Gasteiger partial charge in [-0.05, 0) is 50.1 Å². The van der Waals surface area contributed by atoms with Gasteiger partial charge in [-0.25, -0.2) is 4.79 Å². The molecule has 0 aromatic heterocycles. The van der Waals surface area contributed by atoms with Gasteiger partial charge in [0.25, 0.3) is 0 Å². The first-order chi connectivity index (χ1) is 13.4. The van der Waals surface area contributed by atoms with Crippen LogP contribution in [-0.4, -0.2) is 18.6 Å². The number of hydrogen-bond acceptors (Lipinski definition) is 4. The number of fused-ring (bicyclic) bond motifs is 5. The molecule has 0 spiro atoms. The fourth-order valence-corrected chi connectivity index (χ4v) is 4.41. The topological polar surface area (TPSA) is 47.6 Å². The second kappa shape index (κ2) is 6.55. The van der Waals surface area contributed by atoms with Crippen LogP contribution in [0.5, 0.6) is 5.75 Å². The van der Waals surface area contributed by atoms with Crippen LogP contribution in [-0.2, 0) is 4.74 Å². The maximum Gasteiger partial charge on any atom is 0.338 e. The number of nitrogens with one attached hydrogen (secondary N) is 1. The first kappa shape index (κ1) is 18.4. The number of ether oxygens (including phenoxy) is 2. The maximum absolute atomic E-state index is 12.4. The van der Waals surface area contributed by atoms with Crippen LogP contribution in [0.1, 0.15) is 54.8 Å². The Morgan fingerprint density at radius 3 is 2.79 bits per heavy atom. The number of carbonyl (C=O) groups excluding carboxylic acids is 1. The summed E-state index contributed by atoms with van der Waals surface area (Å²) in [5.41, 5.74) is 6.74. The lowest BCUT2D eigenvalue weighted by Gasteiger charge is -2.37. The predicted molar refractivity (Wildman–Crippen MR) is 113 cm³/mol. The first-order valence-corrected chi connectivity index (χ1v) is 9.50. The lowest BCUT2D eigenvalue weighted by atomic mass is 9.80. The molecule has 0 amide bonds. The fourth-order valence-electron chi connectivity index (χ4n) is 4.41. The molecule has 1 unspecified atom stereocenters. The van der Waals surface area contributed by atoms with Gasteiger partial charge in [-0.1, -0.05) is 24.3 Å². The third kappa shape index (κ3) is 2.80. The quantitative estimate of drug-likeness (QED) is 0.547. The molecule has 0 saturated heterocycles. The number of rotatable bonds is 3. The SMILES string of the molecule is C=CCC1Oc2cccc(C(=O)OC)c2-c2ccc3c(c21)C(C)=CC(C)(C)N3. The van der Waals surface area contributed by atoms with Gasteiger partial charge >= 0.3 is 5.97 Å². The summed E-state index contributed by atoms with van der Waals surface area (Å²) >= 11 is 0. The molecule has 0 bridgehead atoms. The Balaban J connectivity index is 2.03. The molecule has 2 aliphatic rings. The summed E-state index contributed by atoms with van der Waals surface area (Å²) in [6.45, 7) is 10.4. The van der Waals surface area contributed by atoms with Crippen LogP contribution in [0.3, 0.4) is 0 Å². The van der Waals surface area contributed by atoms with E-state index in [4.69, 9.17) is 9.47 Å². The molecule has 28 heavy (non-hydrogen) atoms. The third-order valence-electron chi connectivity index (χ3n) is 5.35. The molecule has 1 N–H and O–H groups in total. The van der Waals surface area contributed by atoms with Crippen molar-refractivity contribution >= 4 is 17.2 Å². The molecule has 0 fully saturated rings. The summed E-state index contributed by atoms with van der Waals surface area (Å²) < 4.78 is 11.4. The molecule has 2 aliphatic heterocycles. The number of allylic oxidation sites excluding steroid dienone is 1. The molecular weight excluding hydrogens is 350 g/mol. The second-order valence-corrected chi connectivity index (χ2v) is 7.92. The van der Waals surface area contributed by atoms with Crippen molar-refractivity contribution in [2.45, 2.75) is 38.8 Å². The normalized spacial score (nSPS) is 18.4. The zero-order valence-corrected chi connectivity index (χ0v) is 16.8. The van der Waals surface area contributed by atoms with Crippen LogP contribution >= 0.6 is 0 Å². The van der Waals surface area contributed by atoms with E-state index in [0.29, 0.717) is 17.7 Å². The molecule has 2 aromatic carbocycles. The molecular formula is C24H25NO3. The Labute approximate surface area is 165 Å². The number of hydrogen-bond donors (Lipinski definition) is 1.